The lowest BCUT2D eigenvalue weighted by molar-refractivity contribution is -0.136. The minimum absolute atomic E-state index is 0.217. The zero-order chi connectivity index (χ0) is 25.4. The number of amides is 2. The first-order valence-electron chi connectivity index (χ1n) is 10.5. The van der Waals surface area contributed by atoms with Gasteiger partial charge in [0.1, 0.15) is 6.61 Å². The molecular weight excluding hydrogens is 557 g/mol. The van der Waals surface area contributed by atoms with E-state index in [2.05, 4.69) is 31.8 Å². The molecule has 182 valence electrons. The molecule has 0 heterocycles. The normalized spacial score (nSPS) is 10.8. The summed E-state index contributed by atoms with van der Waals surface area (Å²) in [5.41, 5.74) is 5.20. The van der Waals surface area contributed by atoms with Crippen LogP contribution in [-0.4, -0.2) is 24.6 Å². The van der Waals surface area contributed by atoms with Crippen molar-refractivity contribution in [2.75, 3.05) is 11.9 Å². The van der Waals surface area contributed by atoms with E-state index in [1.165, 1.54) is 23.9 Å². The van der Waals surface area contributed by atoms with Crippen LogP contribution in [0.15, 0.2) is 64.2 Å². The maximum atomic E-state index is 12.1. The van der Waals surface area contributed by atoms with Crippen LogP contribution in [0, 0.1) is 6.92 Å². The SMILES string of the molecule is CCOc1cc(/C=N/NC(=O)C(=O)Nc2cc(Cl)ccc2Cl)cc(Br)c1OCc1ccc(C)cc1. The Morgan fingerprint density at radius 1 is 1.03 bits per heavy atom. The number of hydrogen-bond donors (Lipinski definition) is 2. The fourth-order valence-corrected chi connectivity index (χ4v) is 3.80. The molecule has 0 atom stereocenters. The summed E-state index contributed by atoms with van der Waals surface area (Å²) in [6.45, 7) is 4.69. The fraction of sp³-hybridized carbons (Fsp3) is 0.160. The van der Waals surface area contributed by atoms with Crippen molar-refractivity contribution in [3.63, 3.8) is 0 Å². The topological polar surface area (TPSA) is 89.0 Å². The molecule has 7 nitrogen and oxygen atoms in total. The van der Waals surface area contributed by atoms with Gasteiger partial charge >= 0.3 is 11.8 Å². The van der Waals surface area contributed by atoms with Gasteiger partial charge in [0.2, 0.25) is 0 Å². The van der Waals surface area contributed by atoms with Gasteiger partial charge in [-0.1, -0.05) is 53.0 Å². The number of carbonyl (C=O) groups is 2. The first-order valence-corrected chi connectivity index (χ1v) is 12.1. The molecule has 35 heavy (non-hydrogen) atoms. The zero-order valence-electron chi connectivity index (χ0n) is 18.9. The Bertz CT molecular complexity index is 1250. The highest BCUT2D eigenvalue weighted by Gasteiger charge is 2.15. The smallest absolute Gasteiger partial charge is 0.329 e. The molecule has 0 saturated heterocycles. The van der Waals surface area contributed by atoms with E-state index in [0.29, 0.717) is 39.8 Å². The van der Waals surface area contributed by atoms with Gasteiger partial charge in [0, 0.05) is 5.02 Å². The molecule has 3 rings (SSSR count). The van der Waals surface area contributed by atoms with Crippen molar-refractivity contribution in [3.8, 4) is 11.5 Å². The maximum absolute atomic E-state index is 12.1. The Balaban J connectivity index is 1.66. The summed E-state index contributed by atoms with van der Waals surface area (Å²) in [6, 6.07) is 16.1. The quantitative estimate of drug-likeness (QED) is 0.191. The Morgan fingerprint density at radius 3 is 2.49 bits per heavy atom. The number of nitrogens with zero attached hydrogens (tertiary/aromatic N) is 1. The van der Waals surface area contributed by atoms with Crippen LogP contribution < -0.4 is 20.2 Å². The van der Waals surface area contributed by atoms with Crippen LogP contribution >= 0.6 is 39.1 Å². The number of ether oxygens (including phenoxy) is 2. The van der Waals surface area contributed by atoms with E-state index in [0.717, 1.165) is 5.56 Å². The molecule has 0 radical (unpaired) electrons. The maximum Gasteiger partial charge on any atom is 0.329 e. The molecule has 0 aliphatic carbocycles. The lowest BCUT2D eigenvalue weighted by Crippen LogP contribution is -2.32. The number of nitrogens with one attached hydrogen (secondary N) is 2. The molecule has 3 aromatic rings. The number of benzene rings is 3. The van der Waals surface area contributed by atoms with E-state index in [-0.39, 0.29) is 10.7 Å². The molecule has 0 aliphatic heterocycles. The average molecular weight is 579 g/mol. The molecule has 2 N–H and O–H groups in total. The highest BCUT2D eigenvalue weighted by Crippen LogP contribution is 2.37. The molecule has 0 fully saturated rings. The molecule has 0 aliphatic rings. The van der Waals surface area contributed by atoms with Crippen LogP contribution in [0.2, 0.25) is 10.0 Å². The fourth-order valence-electron chi connectivity index (χ4n) is 2.89. The van der Waals surface area contributed by atoms with Gasteiger partial charge in [-0.25, -0.2) is 5.43 Å². The van der Waals surface area contributed by atoms with Gasteiger partial charge in [0.05, 0.1) is 28.0 Å². The first kappa shape index (κ1) is 26.5. The predicted octanol–water partition coefficient (Wildman–Crippen LogP) is 6.13. The van der Waals surface area contributed by atoms with Crippen LogP contribution in [0.5, 0.6) is 11.5 Å². The number of hydrazone groups is 1. The summed E-state index contributed by atoms with van der Waals surface area (Å²) in [5.74, 6) is -0.858. The summed E-state index contributed by atoms with van der Waals surface area (Å²) in [5, 5.41) is 6.86. The second-order valence-electron chi connectivity index (χ2n) is 7.31. The molecule has 2 amide bonds. The highest BCUT2D eigenvalue weighted by molar-refractivity contribution is 9.10. The second-order valence-corrected chi connectivity index (χ2v) is 9.01. The van der Waals surface area contributed by atoms with Gasteiger partial charge < -0.3 is 14.8 Å². The van der Waals surface area contributed by atoms with Crippen LogP contribution in [0.4, 0.5) is 5.69 Å². The summed E-state index contributed by atoms with van der Waals surface area (Å²) in [7, 11) is 0. The predicted molar refractivity (Wildman–Crippen MR) is 142 cm³/mol. The Morgan fingerprint density at radius 2 is 1.77 bits per heavy atom. The minimum atomic E-state index is -0.973. The number of hydrogen-bond acceptors (Lipinski definition) is 5. The third-order valence-corrected chi connectivity index (χ3v) is 5.75. The van der Waals surface area contributed by atoms with E-state index in [1.54, 1.807) is 18.2 Å². The monoisotopic (exact) mass is 577 g/mol. The Labute approximate surface area is 221 Å². The van der Waals surface area contributed by atoms with Crippen molar-refractivity contribution < 1.29 is 19.1 Å². The molecule has 0 bridgehead atoms. The largest absolute Gasteiger partial charge is 0.490 e. The first-order chi connectivity index (χ1) is 16.8. The Kier molecular flexibility index (Phi) is 9.54. The molecular formula is C25H22BrCl2N3O4. The van der Waals surface area contributed by atoms with Gasteiger partial charge in [-0.3, -0.25) is 9.59 Å². The number of anilines is 1. The summed E-state index contributed by atoms with van der Waals surface area (Å²) in [4.78, 5) is 24.2. The molecule has 3 aromatic carbocycles. The molecule has 0 aromatic heterocycles. The van der Waals surface area contributed by atoms with Crippen LogP contribution in [-0.2, 0) is 16.2 Å². The third kappa shape index (κ3) is 7.71. The van der Waals surface area contributed by atoms with Crippen molar-refractivity contribution in [2.45, 2.75) is 20.5 Å². The van der Waals surface area contributed by atoms with Crippen LogP contribution in [0.3, 0.4) is 0 Å². The number of carbonyl (C=O) groups excluding carboxylic acids is 2. The van der Waals surface area contributed by atoms with E-state index in [1.807, 2.05) is 38.1 Å². The highest BCUT2D eigenvalue weighted by atomic mass is 79.9. The van der Waals surface area contributed by atoms with Gasteiger partial charge in [-0.2, -0.15) is 5.10 Å². The van der Waals surface area contributed by atoms with E-state index >= 15 is 0 Å². The number of rotatable bonds is 8. The van der Waals surface area contributed by atoms with Crippen LogP contribution in [0.1, 0.15) is 23.6 Å². The second kappa shape index (κ2) is 12.6. The van der Waals surface area contributed by atoms with Crippen molar-refractivity contribution in [1.29, 1.82) is 0 Å². The molecule has 10 heteroatoms. The molecule has 0 spiro atoms. The van der Waals surface area contributed by atoms with Gasteiger partial charge in [0.25, 0.3) is 0 Å². The molecule has 0 saturated carbocycles. The summed E-state index contributed by atoms with van der Waals surface area (Å²) in [6.07, 6.45) is 1.38. The van der Waals surface area contributed by atoms with E-state index in [9.17, 15) is 9.59 Å². The van der Waals surface area contributed by atoms with Gasteiger partial charge in [-0.15, -0.1) is 0 Å². The van der Waals surface area contributed by atoms with Crippen LogP contribution in [0.25, 0.3) is 0 Å². The summed E-state index contributed by atoms with van der Waals surface area (Å²) >= 11 is 15.4. The lowest BCUT2D eigenvalue weighted by Gasteiger charge is -2.15. The zero-order valence-corrected chi connectivity index (χ0v) is 22.0. The van der Waals surface area contributed by atoms with E-state index < -0.39 is 11.8 Å². The number of halogens is 3. The van der Waals surface area contributed by atoms with Crippen molar-refractivity contribution >= 4 is 62.8 Å². The lowest BCUT2D eigenvalue weighted by atomic mass is 10.2. The minimum Gasteiger partial charge on any atom is -0.490 e. The van der Waals surface area contributed by atoms with Gasteiger partial charge in [0.15, 0.2) is 11.5 Å². The van der Waals surface area contributed by atoms with Gasteiger partial charge in [-0.05, 0) is 71.2 Å². The standard InChI is InChI=1S/C25H22BrCl2N3O4/c1-3-34-22-11-17(10-19(26)23(22)35-14-16-6-4-15(2)5-7-16)13-29-31-25(33)24(32)30-21-12-18(27)8-9-20(21)28/h4-13H,3,14H2,1-2H3,(H,30,32)(H,31,33)/b29-13+. The van der Waals surface area contributed by atoms with Crippen molar-refractivity contribution in [2.24, 2.45) is 5.10 Å². The Hall–Kier alpha value is -3.07. The summed E-state index contributed by atoms with van der Waals surface area (Å²) < 4.78 is 12.4. The van der Waals surface area contributed by atoms with Crippen molar-refractivity contribution in [3.05, 3.63) is 85.8 Å². The van der Waals surface area contributed by atoms with E-state index in [4.69, 9.17) is 32.7 Å². The average Bonchev–Trinajstić information content (AvgIpc) is 2.82. The third-order valence-electron chi connectivity index (χ3n) is 4.60. The van der Waals surface area contributed by atoms with Crippen molar-refractivity contribution in [1.82, 2.24) is 5.43 Å². The number of aryl methyl sites for hydroxylation is 1. The molecule has 0 unspecified atom stereocenters.